The standard InChI is InChI=1S/C16H19FN2O/c1-11-8-14(12(2)19(11)3)10-18-16(20)9-13-6-4-5-7-15(13)17/h4-8H,9-10H2,1-3H3,(H,18,20). The molecule has 1 amide bonds. The van der Waals surface area contributed by atoms with Crippen molar-refractivity contribution in [2.24, 2.45) is 7.05 Å². The van der Waals surface area contributed by atoms with E-state index in [-0.39, 0.29) is 18.1 Å². The average molecular weight is 274 g/mol. The second-order valence-corrected chi connectivity index (χ2v) is 5.00. The minimum absolute atomic E-state index is 0.0670. The first-order valence-corrected chi connectivity index (χ1v) is 6.61. The summed E-state index contributed by atoms with van der Waals surface area (Å²) >= 11 is 0. The smallest absolute Gasteiger partial charge is 0.224 e. The molecular formula is C16H19FN2O. The van der Waals surface area contributed by atoms with Crippen LogP contribution in [0.5, 0.6) is 0 Å². The van der Waals surface area contributed by atoms with Crippen LogP contribution in [0, 0.1) is 19.7 Å². The number of nitrogens with one attached hydrogen (secondary N) is 1. The fourth-order valence-corrected chi connectivity index (χ4v) is 2.18. The van der Waals surface area contributed by atoms with Crippen LogP contribution in [0.2, 0.25) is 0 Å². The number of nitrogens with zero attached hydrogens (tertiary/aromatic N) is 1. The summed E-state index contributed by atoms with van der Waals surface area (Å²) in [5.74, 6) is -0.509. The Morgan fingerprint density at radius 3 is 2.55 bits per heavy atom. The van der Waals surface area contributed by atoms with E-state index in [0.717, 1.165) is 17.0 Å². The molecule has 4 heteroatoms. The molecule has 0 aliphatic carbocycles. The normalized spacial score (nSPS) is 10.6. The quantitative estimate of drug-likeness (QED) is 0.913. The van der Waals surface area contributed by atoms with Gasteiger partial charge in [-0.05, 0) is 37.1 Å². The summed E-state index contributed by atoms with van der Waals surface area (Å²) in [6.07, 6.45) is 0.0670. The van der Waals surface area contributed by atoms with Gasteiger partial charge >= 0.3 is 0 Å². The van der Waals surface area contributed by atoms with Gasteiger partial charge in [0.25, 0.3) is 0 Å². The Morgan fingerprint density at radius 1 is 1.25 bits per heavy atom. The van der Waals surface area contributed by atoms with E-state index in [0.29, 0.717) is 12.1 Å². The van der Waals surface area contributed by atoms with E-state index in [1.807, 2.05) is 20.9 Å². The van der Waals surface area contributed by atoms with E-state index in [1.165, 1.54) is 6.07 Å². The van der Waals surface area contributed by atoms with Crippen LogP contribution in [0.4, 0.5) is 4.39 Å². The lowest BCUT2D eigenvalue weighted by Crippen LogP contribution is -2.25. The van der Waals surface area contributed by atoms with E-state index >= 15 is 0 Å². The molecule has 0 fully saturated rings. The number of aromatic nitrogens is 1. The second-order valence-electron chi connectivity index (χ2n) is 5.00. The zero-order valence-corrected chi connectivity index (χ0v) is 12.0. The second kappa shape index (κ2) is 5.90. The lowest BCUT2D eigenvalue weighted by molar-refractivity contribution is -0.120. The number of benzene rings is 1. The summed E-state index contributed by atoms with van der Waals surface area (Å²) in [4.78, 5) is 11.9. The molecule has 1 N–H and O–H groups in total. The molecule has 0 atom stereocenters. The highest BCUT2D eigenvalue weighted by atomic mass is 19.1. The van der Waals surface area contributed by atoms with Gasteiger partial charge in [0, 0.05) is 25.0 Å². The van der Waals surface area contributed by atoms with Gasteiger partial charge in [0.2, 0.25) is 5.91 Å². The van der Waals surface area contributed by atoms with Gasteiger partial charge in [-0.1, -0.05) is 18.2 Å². The average Bonchev–Trinajstić information content (AvgIpc) is 2.66. The van der Waals surface area contributed by atoms with E-state index in [2.05, 4.69) is 16.0 Å². The summed E-state index contributed by atoms with van der Waals surface area (Å²) in [5, 5.41) is 2.84. The highest BCUT2D eigenvalue weighted by Crippen LogP contribution is 2.13. The molecule has 0 saturated carbocycles. The number of halogens is 1. The van der Waals surface area contributed by atoms with Crippen LogP contribution in [0.1, 0.15) is 22.5 Å². The SMILES string of the molecule is Cc1cc(CNC(=O)Cc2ccccc2F)c(C)n1C. The Morgan fingerprint density at radius 2 is 1.95 bits per heavy atom. The predicted octanol–water partition coefficient (Wildman–Crippen LogP) is 2.64. The van der Waals surface area contributed by atoms with Crippen molar-refractivity contribution in [2.75, 3.05) is 0 Å². The Kier molecular flexibility index (Phi) is 4.23. The highest BCUT2D eigenvalue weighted by Gasteiger charge is 2.10. The first-order valence-electron chi connectivity index (χ1n) is 6.61. The van der Waals surface area contributed by atoms with Crippen molar-refractivity contribution in [3.63, 3.8) is 0 Å². The van der Waals surface area contributed by atoms with Gasteiger partial charge in [0.05, 0.1) is 6.42 Å². The maximum Gasteiger partial charge on any atom is 0.224 e. The molecule has 0 aliphatic rings. The van der Waals surface area contributed by atoms with Crippen molar-refractivity contribution in [3.8, 4) is 0 Å². The summed E-state index contributed by atoms with van der Waals surface area (Å²) in [6.45, 7) is 4.52. The van der Waals surface area contributed by atoms with Crippen LogP contribution in [-0.4, -0.2) is 10.5 Å². The van der Waals surface area contributed by atoms with Crippen molar-refractivity contribution < 1.29 is 9.18 Å². The van der Waals surface area contributed by atoms with Gasteiger partial charge in [0.15, 0.2) is 0 Å². The summed E-state index contributed by atoms with van der Waals surface area (Å²) in [7, 11) is 2.00. The zero-order valence-electron chi connectivity index (χ0n) is 12.0. The maximum atomic E-state index is 13.5. The molecule has 0 unspecified atom stereocenters. The third-order valence-electron chi connectivity index (χ3n) is 3.66. The first kappa shape index (κ1) is 14.3. The van der Waals surface area contributed by atoms with E-state index in [1.54, 1.807) is 18.2 Å². The molecule has 0 bridgehead atoms. The number of rotatable bonds is 4. The molecule has 2 rings (SSSR count). The van der Waals surface area contributed by atoms with E-state index < -0.39 is 0 Å². The maximum absolute atomic E-state index is 13.5. The lowest BCUT2D eigenvalue weighted by Gasteiger charge is -2.06. The topological polar surface area (TPSA) is 34.0 Å². The first-order chi connectivity index (χ1) is 9.49. The van der Waals surface area contributed by atoms with Crippen LogP contribution < -0.4 is 5.32 Å². The number of aryl methyl sites for hydroxylation is 1. The minimum Gasteiger partial charge on any atom is -0.352 e. The lowest BCUT2D eigenvalue weighted by atomic mass is 10.1. The van der Waals surface area contributed by atoms with Crippen LogP contribution in [0.3, 0.4) is 0 Å². The van der Waals surface area contributed by atoms with Crippen molar-refractivity contribution in [1.29, 1.82) is 0 Å². The van der Waals surface area contributed by atoms with Gasteiger partial charge in [-0.3, -0.25) is 4.79 Å². The molecule has 0 aliphatic heterocycles. The summed E-state index contributed by atoms with van der Waals surface area (Å²) < 4.78 is 15.5. The van der Waals surface area contributed by atoms with Gasteiger partial charge < -0.3 is 9.88 Å². The molecule has 1 heterocycles. The van der Waals surface area contributed by atoms with Crippen molar-refractivity contribution in [1.82, 2.24) is 9.88 Å². The van der Waals surface area contributed by atoms with Crippen LogP contribution in [0.15, 0.2) is 30.3 Å². The third kappa shape index (κ3) is 3.07. The molecule has 0 saturated heterocycles. The van der Waals surface area contributed by atoms with Gasteiger partial charge in [-0.25, -0.2) is 4.39 Å². The largest absolute Gasteiger partial charge is 0.352 e. The zero-order chi connectivity index (χ0) is 14.7. The van der Waals surface area contributed by atoms with Crippen LogP contribution >= 0.6 is 0 Å². The molecular weight excluding hydrogens is 255 g/mol. The third-order valence-corrected chi connectivity index (χ3v) is 3.66. The fraction of sp³-hybridized carbons (Fsp3) is 0.312. The molecule has 0 spiro atoms. The number of hydrogen-bond donors (Lipinski definition) is 1. The van der Waals surface area contributed by atoms with E-state index in [4.69, 9.17) is 0 Å². The van der Waals surface area contributed by atoms with Crippen LogP contribution in [-0.2, 0) is 24.8 Å². The number of hydrogen-bond acceptors (Lipinski definition) is 1. The molecule has 1 aromatic carbocycles. The van der Waals surface area contributed by atoms with Crippen molar-refractivity contribution in [2.45, 2.75) is 26.8 Å². The summed E-state index contributed by atoms with van der Waals surface area (Å²) in [5.41, 5.74) is 3.80. The Bertz CT molecular complexity index is 631. The van der Waals surface area contributed by atoms with Gasteiger partial charge in [-0.2, -0.15) is 0 Å². The highest BCUT2D eigenvalue weighted by molar-refractivity contribution is 5.78. The Balaban J connectivity index is 1.96. The number of amides is 1. The van der Waals surface area contributed by atoms with Crippen LogP contribution in [0.25, 0.3) is 0 Å². The summed E-state index contributed by atoms with van der Waals surface area (Å²) in [6, 6.07) is 8.40. The monoisotopic (exact) mass is 274 g/mol. The number of carbonyl (C=O) groups is 1. The molecule has 0 radical (unpaired) electrons. The minimum atomic E-state index is -0.339. The molecule has 2 aromatic rings. The van der Waals surface area contributed by atoms with E-state index in [9.17, 15) is 9.18 Å². The van der Waals surface area contributed by atoms with Crippen molar-refractivity contribution >= 4 is 5.91 Å². The van der Waals surface area contributed by atoms with Gasteiger partial charge in [0.1, 0.15) is 5.82 Å². The predicted molar refractivity (Wildman–Crippen MR) is 76.8 cm³/mol. The van der Waals surface area contributed by atoms with Gasteiger partial charge in [-0.15, -0.1) is 0 Å². The Hall–Kier alpha value is -2.10. The van der Waals surface area contributed by atoms with Crippen molar-refractivity contribution in [3.05, 3.63) is 58.7 Å². The molecule has 20 heavy (non-hydrogen) atoms. The molecule has 106 valence electrons. The number of carbonyl (C=O) groups excluding carboxylic acids is 1. The molecule has 1 aromatic heterocycles. The molecule has 3 nitrogen and oxygen atoms in total. The fourth-order valence-electron chi connectivity index (χ4n) is 2.18. The Labute approximate surface area is 118 Å².